The van der Waals surface area contributed by atoms with Gasteiger partial charge in [0.15, 0.2) is 0 Å². The predicted octanol–water partition coefficient (Wildman–Crippen LogP) is 4.43. The molecule has 30 heavy (non-hydrogen) atoms. The maximum absolute atomic E-state index is 12.8. The van der Waals surface area contributed by atoms with Crippen LogP contribution in [0, 0.1) is 6.92 Å². The van der Waals surface area contributed by atoms with E-state index in [-0.39, 0.29) is 5.02 Å². The van der Waals surface area contributed by atoms with Crippen LogP contribution in [0.25, 0.3) is 11.4 Å². The van der Waals surface area contributed by atoms with Gasteiger partial charge in [-0.2, -0.15) is 18.2 Å². The Morgan fingerprint density at radius 3 is 2.57 bits per heavy atom. The number of hydrogen-bond acceptors (Lipinski definition) is 6. The molecule has 6 nitrogen and oxygen atoms in total. The molecule has 10 heteroatoms. The van der Waals surface area contributed by atoms with Crippen molar-refractivity contribution in [1.29, 1.82) is 0 Å². The van der Waals surface area contributed by atoms with Crippen molar-refractivity contribution in [2.75, 3.05) is 31.1 Å². The number of anilines is 1. The summed E-state index contributed by atoms with van der Waals surface area (Å²) in [6, 6.07) is 8.79. The molecular weight excluding hydrogens is 419 g/mol. The molecule has 0 unspecified atom stereocenters. The van der Waals surface area contributed by atoms with E-state index in [1.54, 1.807) is 0 Å². The van der Waals surface area contributed by atoms with E-state index in [1.807, 2.05) is 36.1 Å². The lowest BCUT2D eigenvalue weighted by molar-refractivity contribution is -0.137. The summed E-state index contributed by atoms with van der Waals surface area (Å²) < 4.78 is 43.8. The molecule has 1 aromatic carbocycles. The molecule has 0 radical (unpaired) electrons. The first-order chi connectivity index (χ1) is 14.3. The standard InChI is InChI=1S/C20H19ClF3N5O/c1-13-3-2-4-14(9-13)18-26-17(30-27-18)12-28-5-7-29(8-6-28)19-16(21)10-15(11-25-19)20(22,23)24/h2-4,9-11H,5-8,12H2,1H3. The van der Waals surface area contributed by atoms with E-state index in [2.05, 4.69) is 20.0 Å². The summed E-state index contributed by atoms with van der Waals surface area (Å²) >= 11 is 6.06. The zero-order chi connectivity index (χ0) is 21.3. The number of rotatable bonds is 4. The molecule has 4 rings (SSSR count). The van der Waals surface area contributed by atoms with Crippen LogP contribution < -0.4 is 4.90 Å². The Bertz CT molecular complexity index is 1030. The van der Waals surface area contributed by atoms with E-state index < -0.39 is 11.7 Å². The molecule has 0 amide bonds. The SMILES string of the molecule is Cc1cccc(-c2noc(CN3CCN(c4ncc(C(F)(F)F)cc4Cl)CC3)n2)c1. The van der Waals surface area contributed by atoms with Crippen LogP contribution in [-0.2, 0) is 12.7 Å². The highest BCUT2D eigenvalue weighted by atomic mass is 35.5. The summed E-state index contributed by atoms with van der Waals surface area (Å²) in [5, 5.41) is 4.05. The van der Waals surface area contributed by atoms with Crippen LogP contribution >= 0.6 is 11.6 Å². The highest BCUT2D eigenvalue weighted by Crippen LogP contribution is 2.33. The monoisotopic (exact) mass is 437 g/mol. The average molecular weight is 438 g/mol. The van der Waals surface area contributed by atoms with Crippen LogP contribution in [0.5, 0.6) is 0 Å². The number of aryl methyl sites for hydroxylation is 1. The second-order valence-electron chi connectivity index (χ2n) is 7.17. The average Bonchev–Trinajstić information content (AvgIpc) is 3.16. The Balaban J connectivity index is 1.36. The lowest BCUT2D eigenvalue weighted by Gasteiger charge is -2.35. The second-order valence-corrected chi connectivity index (χ2v) is 7.58. The topological polar surface area (TPSA) is 58.3 Å². The number of nitrogens with zero attached hydrogens (tertiary/aromatic N) is 5. The van der Waals surface area contributed by atoms with Gasteiger partial charge < -0.3 is 9.42 Å². The third-order valence-electron chi connectivity index (χ3n) is 4.92. The molecule has 2 aromatic heterocycles. The van der Waals surface area contributed by atoms with E-state index in [9.17, 15) is 13.2 Å². The maximum atomic E-state index is 12.8. The number of aromatic nitrogens is 3. The summed E-state index contributed by atoms with van der Waals surface area (Å²) in [4.78, 5) is 12.4. The van der Waals surface area contributed by atoms with Gasteiger partial charge in [0.1, 0.15) is 5.82 Å². The Labute approximate surface area is 176 Å². The van der Waals surface area contributed by atoms with Crippen molar-refractivity contribution in [2.24, 2.45) is 0 Å². The summed E-state index contributed by atoms with van der Waals surface area (Å²) in [5.74, 6) is 1.43. The highest BCUT2D eigenvalue weighted by molar-refractivity contribution is 6.33. The second kappa shape index (κ2) is 8.23. The maximum Gasteiger partial charge on any atom is 0.417 e. The van der Waals surface area contributed by atoms with E-state index in [1.165, 1.54) is 0 Å². The van der Waals surface area contributed by atoms with Crippen LogP contribution in [-0.4, -0.2) is 46.2 Å². The molecule has 0 N–H and O–H groups in total. The van der Waals surface area contributed by atoms with Crippen LogP contribution in [0.15, 0.2) is 41.1 Å². The lowest BCUT2D eigenvalue weighted by atomic mass is 10.1. The lowest BCUT2D eigenvalue weighted by Crippen LogP contribution is -2.46. The van der Waals surface area contributed by atoms with Crippen molar-refractivity contribution in [3.63, 3.8) is 0 Å². The van der Waals surface area contributed by atoms with Crippen LogP contribution in [0.4, 0.5) is 19.0 Å². The summed E-state index contributed by atoms with van der Waals surface area (Å²) in [7, 11) is 0. The largest absolute Gasteiger partial charge is 0.417 e. The zero-order valence-corrected chi connectivity index (χ0v) is 16.9. The molecule has 0 aliphatic carbocycles. The van der Waals surface area contributed by atoms with E-state index in [4.69, 9.17) is 16.1 Å². The molecule has 3 heterocycles. The van der Waals surface area contributed by atoms with E-state index >= 15 is 0 Å². The van der Waals surface area contributed by atoms with Crippen LogP contribution in [0.2, 0.25) is 5.02 Å². The van der Waals surface area contributed by atoms with Gasteiger partial charge in [0, 0.05) is 37.9 Å². The smallest absolute Gasteiger partial charge is 0.353 e. The third-order valence-corrected chi connectivity index (χ3v) is 5.20. The van der Waals surface area contributed by atoms with Crippen molar-refractivity contribution in [2.45, 2.75) is 19.6 Å². The Morgan fingerprint density at radius 2 is 1.90 bits per heavy atom. The normalized spacial score (nSPS) is 15.6. The molecule has 0 spiro atoms. The molecule has 3 aromatic rings. The molecule has 1 aliphatic rings. The number of alkyl halides is 3. The predicted molar refractivity (Wildman–Crippen MR) is 106 cm³/mol. The van der Waals surface area contributed by atoms with Crippen molar-refractivity contribution in [3.05, 3.63) is 58.6 Å². The summed E-state index contributed by atoms with van der Waals surface area (Å²) in [6.45, 7) is 5.00. The summed E-state index contributed by atoms with van der Waals surface area (Å²) in [5.41, 5.74) is 1.17. The molecule has 0 atom stereocenters. The Morgan fingerprint density at radius 1 is 1.13 bits per heavy atom. The number of pyridine rings is 1. The molecule has 1 saturated heterocycles. The van der Waals surface area contributed by atoms with Crippen LogP contribution in [0.3, 0.4) is 0 Å². The first-order valence-corrected chi connectivity index (χ1v) is 9.77. The van der Waals surface area contributed by atoms with Gasteiger partial charge in [0.2, 0.25) is 11.7 Å². The number of halogens is 4. The molecule has 0 saturated carbocycles. The third kappa shape index (κ3) is 4.57. The van der Waals surface area contributed by atoms with Gasteiger partial charge >= 0.3 is 6.18 Å². The number of benzene rings is 1. The molecule has 1 aliphatic heterocycles. The molecule has 1 fully saturated rings. The van der Waals surface area contributed by atoms with Crippen molar-refractivity contribution in [1.82, 2.24) is 20.0 Å². The fraction of sp³-hybridized carbons (Fsp3) is 0.350. The minimum atomic E-state index is -4.46. The number of piperazine rings is 1. The van der Waals surface area contributed by atoms with Crippen molar-refractivity contribution in [3.8, 4) is 11.4 Å². The van der Waals surface area contributed by atoms with E-state index in [0.29, 0.717) is 50.3 Å². The summed E-state index contributed by atoms with van der Waals surface area (Å²) in [6.07, 6.45) is -3.64. The molecule has 158 valence electrons. The van der Waals surface area contributed by atoms with Gasteiger partial charge in [0.05, 0.1) is 17.1 Å². The minimum absolute atomic E-state index is 0.00188. The van der Waals surface area contributed by atoms with Gasteiger partial charge in [-0.05, 0) is 19.1 Å². The fourth-order valence-electron chi connectivity index (χ4n) is 3.35. The molecule has 0 bridgehead atoms. The van der Waals surface area contributed by atoms with Gasteiger partial charge in [-0.3, -0.25) is 4.90 Å². The van der Waals surface area contributed by atoms with Gasteiger partial charge in [-0.15, -0.1) is 0 Å². The Hall–Kier alpha value is -2.65. The van der Waals surface area contributed by atoms with Crippen molar-refractivity contribution >= 4 is 17.4 Å². The number of hydrogen-bond donors (Lipinski definition) is 0. The fourth-order valence-corrected chi connectivity index (χ4v) is 3.63. The van der Waals surface area contributed by atoms with Crippen LogP contribution in [0.1, 0.15) is 17.0 Å². The minimum Gasteiger partial charge on any atom is -0.353 e. The zero-order valence-electron chi connectivity index (χ0n) is 16.2. The van der Waals surface area contributed by atoms with Gasteiger partial charge in [0.25, 0.3) is 0 Å². The van der Waals surface area contributed by atoms with Crippen molar-refractivity contribution < 1.29 is 17.7 Å². The Kier molecular flexibility index (Phi) is 5.66. The van der Waals surface area contributed by atoms with Gasteiger partial charge in [-0.25, -0.2) is 4.98 Å². The molecular formula is C20H19ClF3N5O. The first-order valence-electron chi connectivity index (χ1n) is 9.39. The first kappa shape index (κ1) is 20.6. The highest BCUT2D eigenvalue weighted by Gasteiger charge is 2.32. The van der Waals surface area contributed by atoms with Gasteiger partial charge in [-0.1, -0.05) is 40.5 Å². The van der Waals surface area contributed by atoms with E-state index in [0.717, 1.165) is 23.4 Å². The quantitative estimate of drug-likeness (QED) is 0.601.